The minimum atomic E-state index is -1.38. The van der Waals surface area contributed by atoms with Crippen LogP contribution >= 0.6 is 23.2 Å². The van der Waals surface area contributed by atoms with Gasteiger partial charge in [-0.3, -0.25) is 4.79 Å². The largest absolute Gasteiger partial charge is 0.460 e. The van der Waals surface area contributed by atoms with Crippen LogP contribution in [0.15, 0.2) is 40.9 Å². The number of carbonyl (C=O) groups is 1. The van der Waals surface area contributed by atoms with E-state index in [1.807, 2.05) is 19.9 Å². The maximum Gasteiger partial charge on any atom is 0.310 e. The summed E-state index contributed by atoms with van der Waals surface area (Å²) in [4.78, 5) is 12.6. The van der Waals surface area contributed by atoms with Crippen molar-refractivity contribution in [3.63, 3.8) is 0 Å². The quantitative estimate of drug-likeness (QED) is 0.314. The van der Waals surface area contributed by atoms with Gasteiger partial charge in [0.1, 0.15) is 11.1 Å². The van der Waals surface area contributed by atoms with E-state index in [-0.39, 0.29) is 22.6 Å². The number of carbonyl (C=O) groups excluding carboxylic acids is 1. The van der Waals surface area contributed by atoms with Crippen molar-refractivity contribution in [1.29, 1.82) is 0 Å². The van der Waals surface area contributed by atoms with E-state index in [9.17, 15) is 13.6 Å². The third-order valence-corrected chi connectivity index (χ3v) is 6.19. The van der Waals surface area contributed by atoms with E-state index in [1.165, 1.54) is 7.11 Å². The zero-order valence-corrected chi connectivity index (χ0v) is 19.9. The number of rotatable bonds is 9. The molecule has 0 aliphatic heterocycles. The summed E-state index contributed by atoms with van der Waals surface area (Å²) in [5.74, 6) is -5.14. The summed E-state index contributed by atoms with van der Waals surface area (Å²) in [6, 6.07) is 9.01. The van der Waals surface area contributed by atoms with E-state index >= 15 is 4.39 Å². The molecule has 3 rings (SSSR count). The van der Waals surface area contributed by atoms with E-state index in [4.69, 9.17) is 32.7 Å². The predicted octanol–water partition coefficient (Wildman–Crippen LogP) is 6.50. The van der Waals surface area contributed by atoms with Crippen LogP contribution in [0.5, 0.6) is 0 Å². The highest BCUT2D eigenvalue weighted by atomic mass is 35.5. The van der Waals surface area contributed by atoms with E-state index in [1.54, 1.807) is 30.3 Å². The van der Waals surface area contributed by atoms with Crippen molar-refractivity contribution in [3.8, 4) is 0 Å². The molecule has 0 heterocycles. The van der Waals surface area contributed by atoms with Gasteiger partial charge in [0.25, 0.3) is 0 Å². The van der Waals surface area contributed by atoms with Gasteiger partial charge in [0.2, 0.25) is 0 Å². The lowest BCUT2D eigenvalue weighted by atomic mass is 10.1. The first-order valence-electron chi connectivity index (χ1n) is 10.2. The number of anilines is 1. The van der Waals surface area contributed by atoms with Gasteiger partial charge in [0.05, 0.1) is 29.3 Å². The molecule has 33 heavy (non-hydrogen) atoms. The molecule has 2 atom stereocenters. The first kappa shape index (κ1) is 25.4. The number of benzene rings is 2. The van der Waals surface area contributed by atoms with Crippen molar-refractivity contribution < 1.29 is 27.4 Å². The molecule has 0 unspecified atom stereocenters. The Morgan fingerprint density at radius 3 is 2.30 bits per heavy atom. The molecule has 0 spiro atoms. The average Bonchev–Trinajstić information content (AvgIpc) is 3.31. The van der Waals surface area contributed by atoms with Crippen LogP contribution in [0, 0.1) is 34.7 Å². The van der Waals surface area contributed by atoms with Gasteiger partial charge < -0.3 is 14.8 Å². The average molecular weight is 502 g/mol. The zero-order chi connectivity index (χ0) is 24.3. The maximum absolute atomic E-state index is 15.2. The summed E-state index contributed by atoms with van der Waals surface area (Å²) in [7, 11) is 1.25. The van der Waals surface area contributed by atoms with Crippen LogP contribution < -0.4 is 5.32 Å². The molecule has 1 aliphatic rings. The van der Waals surface area contributed by atoms with Crippen molar-refractivity contribution in [3.05, 3.63) is 75.0 Å². The van der Waals surface area contributed by atoms with Crippen LogP contribution in [0.4, 0.5) is 18.9 Å². The van der Waals surface area contributed by atoms with Crippen LogP contribution in [-0.4, -0.2) is 13.1 Å². The van der Waals surface area contributed by atoms with Crippen LogP contribution in [0.1, 0.15) is 30.5 Å². The predicted molar refractivity (Wildman–Crippen MR) is 121 cm³/mol. The molecule has 4 nitrogen and oxygen atoms in total. The molecular formula is C24H24Cl2F3NO3. The number of halogens is 5. The highest BCUT2D eigenvalue weighted by molar-refractivity contribution is 6.55. The first-order chi connectivity index (χ1) is 15.6. The summed E-state index contributed by atoms with van der Waals surface area (Å²) in [5.41, 5.74) is -0.920. The molecule has 9 heteroatoms. The van der Waals surface area contributed by atoms with Crippen molar-refractivity contribution in [2.45, 2.75) is 33.6 Å². The summed E-state index contributed by atoms with van der Waals surface area (Å²) in [5, 5.41) is 2.81. The van der Waals surface area contributed by atoms with Crippen molar-refractivity contribution in [2.75, 3.05) is 12.4 Å². The number of esters is 1. The minimum Gasteiger partial charge on any atom is -0.460 e. The summed E-state index contributed by atoms with van der Waals surface area (Å²) < 4.78 is 54.8. The van der Waals surface area contributed by atoms with Crippen molar-refractivity contribution in [1.82, 2.24) is 0 Å². The number of hydrogen-bond donors (Lipinski definition) is 1. The molecule has 2 aromatic carbocycles. The molecular weight excluding hydrogens is 478 g/mol. The lowest BCUT2D eigenvalue weighted by Crippen LogP contribution is -2.16. The number of nitrogens with one attached hydrogen (secondary N) is 1. The lowest BCUT2D eigenvalue weighted by Gasteiger charge is -2.18. The summed E-state index contributed by atoms with van der Waals surface area (Å²) in [6.07, 6.45) is 1.54. The second kappa shape index (κ2) is 10.4. The van der Waals surface area contributed by atoms with E-state index < -0.39 is 59.1 Å². The Kier molecular flexibility index (Phi) is 7.98. The third-order valence-electron chi connectivity index (χ3n) is 5.94. The first-order valence-corrected chi connectivity index (χ1v) is 11.0. The van der Waals surface area contributed by atoms with Crippen LogP contribution in [0.25, 0.3) is 0 Å². The Balaban J connectivity index is 1.87. The van der Waals surface area contributed by atoms with Gasteiger partial charge in [-0.05, 0) is 23.0 Å². The van der Waals surface area contributed by atoms with Gasteiger partial charge in [-0.15, -0.1) is 0 Å². The standard InChI is InChI=1S/C24H24Cl2F3NO3/c1-24(2)16(9-17(25)26)18(24)23(31)33-12-15-20(28)19(27)14(11-32-3)21(29)22(15)30-10-13-7-5-4-6-8-13/h4-9,16,18,30H,10-12H2,1-3H3/t16-,18+/m0/s1. The topological polar surface area (TPSA) is 47.6 Å². The Morgan fingerprint density at radius 1 is 1.06 bits per heavy atom. The SMILES string of the molecule is COCc1c(F)c(F)c(COC(=O)[C@H]2[C@H](C=C(Cl)Cl)C2(C)C)c(NCc2ccccc2)c1F. The number of allylic oxidation sites excluding steroid dienone is 1. The summed E-state index contributed by atoms with van der Waals surface area (Å²) in [6.45, 7) is 2.71. The molecule has 1 N–H and O–H groups in total. The van der Waals surface area contributed by atoms with Gasteiger partial charge in [-0.2, -0.15) is 0 Å². The molecule has 0 aromatic heterocycles. The molecule has 1 aliphatic carbocycles. The molecule has 0 bridgehead atoms. The molecule has 0 radical (unpaired) electrons. The molecule has 0 amide bonds. The van der Waals surface area contributed by atoms with E-state index in [0.717, 1.165) is 5.56 Å². The summed E-state index contributed by atoms with van der Waals surface area (Å²) >= 11 is 11.4. The van der Waals surface area contributed by atoms with E-state index in [0.29, 0.717) is 0 Å². The Bertz CT molecular complexity index is 1060. The van der Waals surface area contributed by atoms with Crippen LogP contribution in [-0.2, 0) is 34.0 Å². The normalized spacial score (nSPS) is 18.5. The fourth-order valence-corrected chi connectivity index (χ4v) is 4.21. The Labute approximate surface area is 200 Å². The molecule has 178 valence electrons. The minimum absolute atomic E-state index is 0.0275. The Hall–Kier alpha value is -2.22. The Morgan fingerprint density at radius 2 is 1.70 bits per heavy atom. The molecule has 0 saturated heterocycles. The van der Waals surface area contributed by atoms with Gasteiger partial charge in [-0.1, -0.05) is 67.4 Å². The monoisotopic (exact) mass is 501 g/mol. The smallest absolute Gasteiger partial charge is 0.310 e. The molecule has 1 fully saturated rings. The fourth-order valence-electron chi connectivity index (χ4n) is 3.94. The lowest BCUT2D eigenvalue weighted by molar-refractivity contribution is -0.147. The van der Waals surface area contributed by atoms with E-state index in [2.05, 4.69) is 5.32 Å². The molecule has 1 saturated carbocycles. The van der Waals surface area contributed by atoms with Crippen molar-refractivity contribution >= 4 is 34.9 Å². The zero-order valence-electron chi connectivity index (χ0n) is 18.4. The number of hydrogen-bond acceptors (Lipinski definition) is 4. The highest BCUT2D eigenvalue weighted by Gasteiger charge is 2.61. The molecule has 2 aromatic rings. The second-order valence-corrected chi connectivity index (χ2v) is 9.44. The maximum atomic E-state index is 15.2. The van der Waals surface area contributed by atoms with Crippen LogP contribution in [0.3, 0.4) is 0 Å². The van der Waals surface area contributed by atoms with Gasteiger partial charge in [0.15, 0.2) is 17.5 Å². The van der Waals surface area contributed by atoms with Crippen LogP contribution in [0.2, 0.25) is 0 Å². The number of ether oxygens (including phenoxy) is 2. The third kappa shape index (κ3) is 5.48. The number of methoxy groups -OCH3 is 1. The fraction of sp³-hybridized carbons (Fsp3) is 0.375. The highest BCUT2D eigenvalue weighted by Crippen LogP contribution is 2.60. The van der Waals surface area contributed by atoms with Crippen molar-refractivity contribution in [2.24, 2.45) is 17.3 Å². The van der Waals surface area contributed by atoms with Gasteiger partial charge >= 0.3 is 5.97 Å². The second-order valence-electron chi connectivity index (χ2n) is 8.44. The van der Waals surface area contributed by atoms with Gasteiger partial charge in [-0.25, -0.2) is 13.2 Å². The van der Waals surface area contributed by atoms with Gasteiger partial charge in [0, 0.05) is 13.7 Å².